The summed E-state index contributed by atoms with van der Waals surface area (Å²) in [6.45, 7) is 0.608. The Morgan fingerprint density at radius 1 is 1.62 bits per heavy atom. The quantitative estimate of drug-likeness (QED) is 0.355. The molecule has 1 aromatic rings. The molecule has 0 saturated heterocycles. The Morgan fingerprint density at radius 3 is 3.15 bits per heavy atom. The average molecular weight is 193 g/mol. The van der Waals surface area contributed by atoms with Crippen LogP contribution in [0.3, 0.4) is 0 Å². The second-order valence-corrected chi connectivity index (χ2v) is 3.68. The van der Waals surface area contributed by atoms with E-state index in [1.54, 1.807) is 17.5 Å². The molecule has 0 fully saturated rings. The van der Waals surface area contributed by atoms with Crippen LogP contribution in [0.1, 0.15) is 5.56 Å². The van der Waals surface area contributed by atoms with Crippen LogP contribution in [0, 0.1) is 11.4 Å². The van der Waals surface area contributed by atoms with Crippen LogP contribution < -0.4 is 11.1 Å². The number of pyridine rings is 1. The van der Waals surface area contributed by atoms with Crippen LogP contribution >= 0.6 is 0 Å². The molecule has 68 valence electrons. The second-order valence-electron chi connectivity index (χ2n) is 2.77. The normalized spacial score (nSPS) is 16.8. The molecule has 2 rings (SSSR count). The number of rotatable bonds is 2. The first-order valence-corrected chi connectivity index (χ1v) is 4.96. The molecule has 0 saturated carbocycles. The zero-order valence-corrected chi connectivity index (χ0v) is 7.92. The van der Waals surface area contributed by atoms with Crippen molar-refractivity contribution in [2.24, 2.45) is 5.73 Å². The Hall–Kier alpha value is -0.970. The first-order valence-electron chi connectivity index (χ1n) is 4.08. The summed E-state index contributed by atoms with van der Waals surface area (Å²) in [5, 5.41) is 5.43. The monoisotopic (exact) mass is 193 g/mol. The minimum absolute atomic E-state index is 0.608. The van der Waals surface area contributed by atoms with E-state index in [0.29, 0.717) is 6.54 Å². The molecule has 0 amide bonds. The van der Waals surface area contributed by atoms with Gasteiger partial charge >= 0.3 is 0 Å². The maximum atomic E-state index is 5.53. The highest BCUT2D eigenvalue weighted by Crippen LogP contribution is 2.08. The lowest BCUT2D eigenvalue weighted by Crippen LogP contribution is -2.86. The van der Waals surface area contributed by atoms with Crippen molar-refractivity contribution in [3.63, 3.8) is 0 Å². The van der Waals surface area contributed by atoms with Gasteiger partial charge in [0.15, 0.2) is 11.4 Å². The summed E-state index contributed by atoms with van der Waals surface area (Å²) in [6, 6.07) is 5.18. The molecular weight excluding hydrogens is 182 g/mol. The Balaban J connectivity index is 2.09. The van der Waals surface area contributed by atoms with Crippen LogP contribution in [0.2, 0.25) is 0 Å². The number of aromatic nitrogens is 1. The van der Waals surface area contributed by atoms with Crippen molar-refractivity contribution in [2.45, 2.75) is 0 Å². The summed E-state index contributed by atoms with van der Waals surface area (Å²) in [6.07, 6.45) is 3.65. The van der Waals surface area contributed by atoms with E-state index in [2.05, 4.69) is 21.7 Å². The van der Waals surface area contributed by atoms with E-state index in [4.69, 9.17) is 5.73 Å². The van der Waals surface area contributed by atoms with E-state index in [1.807, 2.05) is 12.3 Å². The minimum atomic E-state index is 0.608. The lowest BCUT2D eigenvalue weighted by atomic mass is 10.2. The van der Waals surface area contributed by atoms with Crippen molar-refractivity contribution >= 4 is 16.7 Å². The molecule has 0 bridgehead atoms. The largest absolute Gasteiger partial charge is 0.434 e. The number of nitrogens with zero attached hydrogens (tertiary/aromatic N) is 1. The van der Waals surface area contributed by atoms with E-state index in [-0.39, 0.29) is 0 Å². The fraction of sp³-hybridized carbons (Fsp3) is 0.111. The van der Waals surface area contributed by atoms with E-state index >= 15 is 0 Å². The lowest BCUT2D eigenvalue weighted by Gasteiger charge is -2.14. The minimum Gasteiger partial charge on any atom is -0.434 e. The van der Waals surface area contributed by atoms with Crippen LogP contribution in [0.25, 0.3) is 0 Å². The first-order chi connectivity index (χ1) is 6.40. The van der Waals surface area contributed by atoms with Crippen LogP contribution in [0.5, 0.6) is 0 Å². The molecule has 0 aliphatic carbocycles. The average Bonchev–Trinajstić information content (AvgIpc) is 2.67. The SMILES string of the molecule is NC[C-]1C=[S+][C-](c2cccnc2)[NH2+]1. The number of nitrogens with two attached hydrogens (primary N) is 2. The van der Waals surface area contributed by atoms with Crippen LogP contribution in [0.15, 0.2) is 24.5 Å². The van der Waals surface area contributed by atoms with Gasteiger partial charge in [-0.15, -0.1) is 6.07 Å². The summed E-state index contributed by atoms with van der Waals surface area (Å²) in [7, 11) is 0. The molecule has 1 aromatic heterocycles. The molecular formula is C9H11N3S. The third kappa shape index (κ3) is 1.85. The van der Waals surface area contributed by atoms with Crippen molar-refractivity contribution < 1.29 is 5.32 Å². The Morgan fingerprint density at radius 2 is 2.54 bits per heavy atom. The predicted molar refractivity (Wildman–Crippen MR) is 54.2 cm³/mol. The van der Waals surface area contributed by atoms with Gasteiger partial charge in [0.05, 0.1) is 5.37 Å². The third-order valence-corrected chi connectivity index (χ3v) is 2.86. The number of quaternary nitrogens is 1. The third-order valence-electron chi connectivity index (χ3n) is 1.84. The Kier molecular flexibility index (Phi) is 2.54. The van der Waals surface area contributed by atoms with Gasteiger partial charge in [-0.05, 0) is 12.2 Å². The van der Waals surface area contributed by atoms with Gasteiger partial charge in [-0.1, -0.05) is 24.4 Å². The summed E-state index contributed by atoms with van der Waals surface area (Å²) in [5.41, 5.74) is 6.69. The Bertz CT molecular complexity index is 299. The fourth-order valence-electron chi connectivity index (χ4n) is 1.14. The lowest BCUT2D eigenvalue weighted by molar-refractivity contribution is -0.589. The number of hydrogen-bond acceptors (Lipinski definition) is 2. The molecule has 4 N–H and O–H groups in total. The maximum Gasteiger partial charge on any atom is 0.260 e. The molecule has 0 spiro atoms. The van der Waals surface area contributed by atoms with Crippen molar-refractivity contribution in [2.75, 3.05) is 6.54 Å². The molecule has 0 aromatic carbocycles. The van der Waals surface area contributed by atoms with Gasteiger partial charge in [0.25, 0.3) is 5.37 Å². The molecule has 1 aliphatic heterocycles. The van der Waals surface area contributed by atoms with Crippen molar-refractivity contribution in [1.29, 1.82) is 0 Å². The maximum absolute atomic E-state index is 5.53. The van der Waals surface area contributed by atoms with Crippen LogP contribution in [-0.4, -0.2) is 16.9 Å². The standard InChI is InChI=1S/C9H11N3S/c10-4-8-6-13-9(12-8)7-2-1-3-11-5-7/h1-3,5-6H,4,10,12H2. The molecule has 0 unspecified atom stereocenters. The van der Waals surface area contributed by atoms with Gasteiger partial charge in [0.2, 0.25) is 0 Å². The highest BCUT2D eigenvalue weighted by molar-refractivity contribution is 7.80. The molecule has 4 heteroatoms. The van der Waals surface area contributed by atoms with Gasteiger partial charge in [-0.3, -0.25) is 0 Å². The fourth-order valence-corrected chi connectivity index (χ4v) is 2.06. The number of hydrogen-bond donors (Lipinski definition) is 2. The molecule has 1 aliphatic rings. The van der Waals surface area contributed by atoms with Crippen molar-refractivity contribution in [3.05, 3.63) is 41.5 Å². The van der Waals surface area contributed by atoms with Gasteiger partial charge < -0.3 is 16.0 Å². The smallest absolute Gasteiger partial charge is 0.260 e. The highest BCUT2D eigenvalue weighted by Gasteiger charge is 2.22. The molecule has 13 heavy (non-hydrogen) atoms. The summed E-state index contributed by atoms with van der Waals surface area (Å²) in [5.74, 6) is 0. The topological polar surface area (TPSA) is 55.5 Å². The van der Waals surface area contributed by atoms with E-state index in [0.717, 1.165) is 5.56 Å². The van der Waals surface area contributed by atoms with E-state index < -0.39 is 0 Å². The van der Waals surface area contributed by atoms with Crippen molar-refractivity contribution in [1.82, 2.24) is 4.98 Å². The summed E-state index contributed by atoms with van der Waals surface area (Å²) in [4.78, 5) is 4.07. The summed E-state index contributed by atoms with van der Waals surface area (Å²) >= 11 is 1.71. The summed E-state index contributed by atoms with van der Waals surface area (Å²) < 4.78 is 0. The van der Waals surface area contributed by atoms with Gasteiger partial charge in [-0.2, -0.15) is 0 Å². The first kappa shape index (κ1) is 8.62. The van der Waals surface area contributed by atoms with Crippen LogP contribution in [0.4, 0.5) is 0 Å². The Labute approximate surface area is 81.3 Å². The molecule has 3 nitrogen and oxygen atoms in total. The van der Waals surface area contributed by atoms with Crippen LogP contribution in [-0.2, 0) is 11.4 Å². The van der Waals surface area contributed by atoms with Gasteiger partial charge in [0, 0.05) is 0 Å². The van der Waals surface area contributed by atoms with Crippen molar-refractivity contribution in [3.8, 4) is 0 Å². The van der Waals surface area contributed by atoms with Gasteiger partial charge in [-0.25, -0.2) is 0 Å². The second kappa shape index (κ2) is 3.83. The zero-order chi connectivity index (χ0) is 9.10. The molecule has 0 atom stereocenters. The van der Waals surface area contributed by atoms with E-state index in [1.165, 1.54) is 11.4 Å². The predicted octanol–water partition coefficient (Wildman–Crippen LogP) is -1.13. The zero-order valence-electron chi connectivity index (χ0n) is 7.10. The van der Waals surface area contributed by atoms with E-state index in [9.17, 15) is 0 Å². The van der Waals surface area contributed by atoms with Gasteiger partial charge in [0.1, 0.15) is 0 Å². The highest BCUT2D eigenvalue weighted by atomic mass is 32.1. The molecule has 2 heterocycles. The molecule has 0 radical (unpaired) electrons.